The number of aromatic nitrogens is 2. The molecule has 0 fully saturated rings. The number of aromatic amines is 1. The van der Waals surface area contributed by atoms with Gasteiger partial charge in [-0.1, -0.05) is 11.6 Å². The van der Waals surface area contributed by atoms with Gasteiger partial charge in [0.05, 0.1) is 11.4 Å². The molecule has 0 saturated carbocycles. The number of anilines is 1. The van der Waals surface area contributed by atoms with Gasteiger partial charge in [-0.15, -0.1) is 0 Å². The number of nitrogen functional groups attached to an aromatic ring is 1. The van der Waals surface area contributed by atoms with Crippen LogP contribution in [0.4, 0.5) is 5.69 Å². The van der Waals surface area contributed by atoms with Gasteiger partial charge < -0.3 is 5.73 Å². The van der Waals surface area contributed by atoms with E-state index < -0.39 is 0 Å². The molecule has 0 bridgehead atoms. The highest BCUT2D eigenvalue weighted by Gasteiger charge is 2.05. The van der Waals surface area contributed by atoms with Crippen LogP contribution in [0.15, 0.2) is 29.1 Å². The van der Waals surface area contributed by atoms with Crippen LogP contribution in [0, 0.1) is 6.92 Å². The summed E-state index contributed by atoms with van der Waals surface area (Å²) in [5.74, 6) is 0. The van der Waals surface area contributed by atoms with E-state index in [2.05, 4.69) is 5.10 Å². The first-order valence-electron chi connectivity index (χ1n) is 4.42. The lowest BCUT2D eigenvalue weighted by molar-refractivity contribution is 0.836. The number of rotatable bonds is 1. The predicted molar refractivity (Wildman–Crippen MR) is 60.5 cm³/mol. The average Bonchev–Trinajstić information content (AvgIpc) is 2.45. The molecule has 4 nitrogen and oxygen atoms in total. The van der Waals surface area contributed by atoms with Crippen molar-refractivity contribution in [2.75, 3.05) is 5.73 Å². The molecule has 3 N–H and O–H groups in total. The molecule has 2 aromatic rings. The Bertz CT molecular complexity index is 556. The zero-order chi connectivity index (χ0) is 11.0. The maximum Gasteiger partial charge on any atom is 0.264 e. The standard InChI is InChI=1S/C10H10ClN3O/c1-6-4-10(15)13-14(6)9-3-2-7(11)5-8(9)12/h2-5H,12H2,1H3,(H,13,15). The maximum absolute atomic E-state index is 11.1. The van der Waals surface area contributed by atoms with Crippen LogP contribution in [0.25, 0.3) is 5.69 Å². The molecule has 2 rings (SSSR count). The van der Waals surface area contributed by atoms with Gasteiger partial charge in [0.1, 0.15) is 0 Å². The van der Waals surface area contributed by atoms with Gasteiger partial charge in [0.15, 0.2) is 0 Å². The summed E-state index contributed by atoms with van der Waals surface area (Å²) in [6.45, 7) is 1.83. The molecule has 78 valence electrons. The predicted octanol–water partition coefficient (Wildman–Crippen LogP) is 1.71. The SMILES string of the molecule is Cc1cc(=O)[nH]n1-c1ccc(Cl)cc1N. The van der Waals surface area contributed by atoms with Gasteiger partial charge in [-0.05, 0) is 25.1 Å². The van der Waals surface area contributed by atoms with E-state index in [0.29, 0.717) is 10.7 Å². The van der Waals surface area contributed by atoms with E-state index in [1.54, 1.807) is 22.9 Å². The minimum atomic E-state index is -0.151. The van der Waals surface area contributed by atoms with Crippen LogP contribution in [0.1, 0.15) is 5.69 Å². The van der Waals surface area contributed by atoms with E-state index in [-0.39, 0.29) is 5.56 Å². The van der Waals surface area contributed by atoms with E-state index in [9.17, 15) is 4.79 Å². The first-order valence-corrected chi connectivity index (χ1v) is 4.80. The molecule has 0 aliphatic carbocycles. The second-order valence-corrected chi connectivity index (χ2v) is 3.74. The lowest BCUT2D eigenvalue weighted by atomic mass is 10.2. The molecule has 0 aliphatic heterocycles. The third kappa shape index (κ3) is 1.76. The molecule has 1 heterocycles. The molecule has 5 heteroatoms. The minimum absolute atomic E-state index is 0.151. The van der Waals surface area contributed by atoms with Gasteiger partial charge in [-0.25, -0.2) is 0 Å². The van der Waals surface area contributed by atoms with Crippen LogP contribution < -0.4 is 11.3 Å². The molecule has 0 aliphatic rings. The number of H-pyrrole nitrogens is 1. The van der Waals surface area contributed by atoms with Crippen LogP contribution in [0.2, 0.25) is 5.02 Å². The molecule has 0 atom stereocenters. The van der Waals surface area contributed by atoms with Gasteiger partial charge in [0.2, 0.25) is 0 Å². The van der Waals surface area contributed by atoms with Crippen molar-refractivity contribution in [2.45, 2.75) is 6.92 Å². The Morgan fingerprint density at radius 3 is 2.67 bits per heavy atom. The second-order valence-electron chi connectivity index (χ2n) is 3.30. The monoisotopic (exact) mass is 223 g/mol. The van der Waals surface area contributed by atoms with Crippen molar-refractivity contribution in [3.63, 3.8) is 0 Å². The summed E-state index contributed by atoms with van der Waals surface area (Å²) in [6, 6.07) is 6.65. The Hall–Kier alpha value is -1.68. The topological polar surface area (TPSA) is 63.8 Å². The zero-order valence-corrected chi connectivity index (χ0v) is 8.88. The summed E-state index contributed by atoms with van der Waals surface area (Å²) in [5.41, 5.74) is 7.70. The fraction of sp³-hybridized carbons (Fsp3) is 0.100. The molecule has 1 aromatic carbocycles. The van der Waals surface area contributed by atoms with Crippen molar-refractivity contribution in [3.05, 3.63) is 45.3 Å². The van der Waals surface area contributed by atoms with Gasteiger partial charge in [0.25, 0.3) is 5.56 Å². The van der Waals surface area contributed by atoms with E-state index in [1.165, 1.54) is 6.07 Å². The molecule has 0 amide bonds. The molecule has 0 saturated heterocycles. The summed E-state index contributed by atoms with van der Waals surface area (Å²) < 4.78 is 1.63. The highest BCUT2D eigenvalue weighted by Crippen LogP contribution is 2.21. The normalized spacial score (nSPS) is 10.5. The quantitative estimate of drug-likeness (QED) is 0.723. The molecule has 1 aromatic heterocycles. The van der Waals surface area contributed by atoms with Crippen molar-refractivity contribution < 1.29 is 0 Å². The fourth-order valence-electron chi connectivity index (χ4n) is 1.46. The third-order valence-electron chi connectivity index (χ3n) is 2.15. The van der Waals surface area contributed by atoms with Gasteiger partial charge >= 0.3 is 0 Å². The van der Waals surface area contributed by atoms with Crippen molar-refractivity contribution in [3.8, 4) is 5.69 Å². The Morgan fingerprint density at radius 1 is 1.40 bits per heavy atom. The summed E-state index contributed by atoms with van der Waals surface area (Å²) in [6.07, 6.45) is 0. The Kier molecular flexibility index (Phi) is 2.28. The molecular formula is C10H10ClN3O. The molecule has 0 spiro atoms. The maximum atomic E-state index is 11.1. The third-order valence-corrected chi connectivity index (χ3v) is 2.38. The number of hydrogen-bond donors (Lipinski definition) is 2. The first kappa shape index (κ1) is 9.86. The van der Waals surface area contributed by atoms with Crippen molar-refractivity contribution >= 4 is 17.3 Å². The van der Waals surface area contributed by atoms with Gasteiger partial charge in [-0.2, -0.15) is 0 Å². The molecule has 0 radical (unpaired) electrons. The van der Waals surface area contributed by atoms with Gasteiger partial charge in [-0.3, -0.25) is 14.6 Å². The number of nitrogens with two attached hydrogens (primary N) is 1. The molecular weight excluding hydrogens is 214 g/mol. The fourth-order valence-corrected chi connectivity index (χ4v) is 1.64. The van der Waals surface area contributed by atoms with Gasteiger partial charge in [0, 0.05) is 16.8 Å². The summed E-state index contributed by atoms with van der Waals surface area (Å²) in [4.78, 5) is 11.1. The zero-order valence-electron chi connectivity index (χ0n) is 8.12. The Morgan fingerprint density at radius 2 is 2.13 bits per heavy atom. The first-order chi connectivity index (χ1) is 7.08. The van der Waals surface area contributed by atoms with E-state index in [1.807, 2.05) is 6.92 Å². The highest BCUT2D eigenvalue weighted by molar-refractivity contribution is 6.30. The average molecular weight is 224 g/mol. The summed E-state index contributed by atoms with van der Waals surface area (Å²) in [5, 5.41) is 3.23. The van der Waals surface area contributed by atoms with Crippen LogP contribution in [0.5, 0.6) is 0 Å². The highest BCUT2D eigenvalue weighted by atomic mass is 35.5. The Labute approximate surface area is 91.3 Å². The van der Waals surface area contributed by atoms with Crippen LogP contribution in [0.3, 0.4) is 0 Å². The summed E-state index contributed by atoms with van der Waals surface area (Å²) >= 11 is 5.79. The van der Waals surface area contributed by atoms with Crippen molar-refractivity contribution in [1.29, 1.82) is 0 Å². The second kappa shape index (κ2) is 3.47. The summed E-state index contributed by atoms with van der Waals surface area (Å²) in [7, 11) is 0. The number of nitrogens with one attached hydrogen (secondary N) is 1. The lowest BCUT2D eigenvalue weighted by Crippen LogP contribution is -2.06. The minimum Gasteiger partial charge on any atom is -0.397 e. The number of aryl methyl sites for hydroxylation is 1. The van der Waals surface area contributed by atoms with Crippen LogP contribution in [-0.2, 0) is 0 Å². The smallest absolute Gasteiger partial charge is 0.264 e. The molecule has 0 unspecified atom stereocenters. The Balaban J connectivity index is 2.64. The van der Waals surface area contributed by atoms with E-state index in [4.69, 9.17) is 17.3 Å². The van der Waals surface area contributed by atoms with Crippen molar-refractivity contribution in [2.24, 2.45) is 0 Å². The number of benzene rings is 1. The van der Waals surface area contributed by atoms with Crippen LogP contribution in [-0.4, -0.2) is 9.78 Å². The molecule has 15 heavy (non-hydrogen) atoms. The van der Waals surface area contributed by atoms with E-state index in [0.717, 1.165) is 11.4 Å². The largest absolute Gasteiger partial charge is 0.397 e. The number of halogens is 1. The number of hydrogen-bond acceptors (Lipinski definition) is 2. The van der Waals surface area contributed by atoms with Crippen molar-refractivity contribution in [1.82, 2.24) is 9.78 Å². The lowest BCUT2D eigenvalue weighted by Gasteiger charge is -2.08. The van der Waals surface area contributed by atoms with Crippen LogP contribution >= 0.6 is 11.6 Å². The number of nitrogens with zero attached hydrogens (tertiary/aromatic N) is 1. The van der Waals surface area contributed by atoms with E-state index >= 15 is 0 Å².